The van der Waals surface area contributed by atoms with Gasteiger partial charge in [0, 0.05) is 12.5 Å². The zero-order chi connectivity index (χ0) is 9.97. The standard InChI is InChI=1S/C7H7N3O2S2/c1-11-2-5-8-4(3-14-5)6-9-10-7(13)12-6/h3H,2H2,1H3,(H,10,13). The summed E-state index contributed by atoms with van der Waals surface area (Å²) in [6.45, 7) is 0.496. The summed E-state index contributed by atoms with van der Waals surface area (Å²) in [7, 11) is 1.63. The van der Waals surface area contributed by atoms with Gasteiger partial charge in [-0.15, -0.1) is 16.4 Å². The first-order valence-corrected chi connectivity index (χ1v) is 5.07. The van der Waals surface area contributed by atoms with Gasteiger partial charge < -0.3 is 9.15 Å². The Hall–Kier alpha value is -1.05. The van der Waals surface area contributed by atoms with E-state index in [1.807, 2.05) is 5.38 Å². The lowest BCUT2D eigenvalue weighted by atomic mass is 10.5. The molecular weight excluding hydrogens is 222 g/mol. The Kier molecular flexibility index (Phi) is 2.71. The van der Waals surface area contributed by atoms with E-state index >= 15 is 0 Å². The van der Waals surface area contributed by atoms with Gasteiger partial charge in [-0.1, -0.05) is 0 Å². The highest BCUT2D eigenvalue weighted by Gasteiger charge is 2.08. The molecule has 0 fully saturated rings. The third-order valence-electron chi connectivity index (χ3n) is 1.48. The molecule has 14 heavy (non-hydrogen) atoms. The number of thiazole rings is 1. The molecule has 2 heterocycles. The van der Waals surface area contributed by atoms with Gasteiger partial charge in [-0.25, -0.2) is 10.1 Å². The first kappa shape index (κ1) is 9.50. The van der Waals surface area contributed by atoms with Gasteiger partial charge in [0.2, 0.25) is 0 Å². The molecule has 1 N–H and O–H groups in total. The SMILES string of the molecule is COCc1nc(-c2n[nH]c(=S)o2)cs1. The van der Waals surface area contributed by atoms with Gasteiger partial charge in [0.15, 0.2) is 0 Å². The molecule has 2 rings (SSSR count). The lowest BCUT2D eigenvalue weighted by Gasteiger charge is -1.89. The van der Waals surface area contributed by atoms with Crippen molar-refractivity contribution in [2.75, 3.05) is 7.11 Å². The average Bonchev–Trinajstić information content (AvgIpc) is 2.74. The second-order valence-electron chi connectivity index (χ2n) is 2.48. The molecule has 5 nitrogen and oxygen atoms in total. The maximum absolute atomic E-state index is 5.11. The van der Waals surface area contributed by atoms with Crippen molar-refractivity contribution in [3.8, 4) is 11.6 Å². The minimum atomic E-state index is 0.251. The summed E-state index contributed by atoms with van der Waals surface area (Å²) in [4.78, 5) is 4.51. The van der Waals surface area contributed by atoms with Crippen LogP contribution in [-0.4, -0.2) is 22.3 Å². The van der Waals surface area contributed by atoms with E-state index in [1.54, 1.807) is 7.11 Å². The second kappa shape index (κ2) is 3.99. The van der Waals surface area contributed by atoms with Crippen molar-refractivity contribution in [3.63, 3.8) is 0 Å². The molecule has 2 aromatic heterocycles. The van der Waals surface area contributed by atoms with Crippen LogP contribution in [0.15, 0.2) is 9.80 Å². The molecule has 0 atom stereocenters. The molecule has 0 aliphatic rings. The fourth-order valence-corrected chi connectivity index (χ4v) is 1.80. The predicted octanol–water partition coefficient (Wildman–Crippen LogP) is 2.00. The number of methoxy groups -OCH3 is 1. The van der Waals surface area contributed by atoms with Crippen LogP contribution in [0.5, 0.6) is 0 Å². The number of aromatic nitrogens is 3. The van der Waals surface area contributed by atoms with Crippen LogP contribution in [0.1, 0.15) is 5.01 Å². The van der Waals surface area contributed by atoms with Crippen LogP contribution >= 0.6 is 23.6 Å². The minimum absolute atomic E-state index is 0.251. The zero-order valence-corrected chi connectivity index (χ0v) is 8.94. The van der Waals surface area contributed by atoms with Crippen LogP contribution in [0.25, 0.3) is 11.6 Å². The predicted molar refractivity (Wildman–Crippen MR) is 53.5 cm³/mol. The van der Waals surface area contributed by atoms with E-state index in [4.69, 9.17) is 21.4 Å². The molecule has 2 aromatic rings. The van der Waals surface area contributed by atoms with Gasteiger partial charge in [-0.05, 0) is 12.2 Å². The normalized spacial score (nSPS) is 10.6. The smallest absolute Gasteiger partial charge is 0.284 e. The summed E-state index contributed by atoms with van der Waals surface area (Å²) in [5.74, 6) is 0.411. The van der Waals surface area contributed by atoms with Crippen LogP contribution < -0.4 is 0 Å². The third kappa shape index (κ3) is 1.89. The number of H-pyrrole nitrogens is 1. The van der Waals surface area contributed by atoms with Crippen molar-refractivity contribution in [1.82, 2.24) is 15.2 Å². The Morgan fingerprint density at radius 1 is 1.71 bits per heavy atom. The lowest BCUT2D eigenvalue weighted by Crippen LogP contribution is -1.86. The Bertz CT molecular complexity index is 473. The average molecular weight is 229 g/mol. The monoisotopic (exact) mass is 229 g/mol. The van der Waals surface area contributed by atoms with Crippen molar-refractivity contribution in [1.29, 1.82) is 0 Å². The molecule has 0 spiro atoms. The molecule has 0 aliphatic carbocycles. The van der Waals surface area contributed by atoms with Gasteiger partial charge in [-0.3, -0.25) is 0 Å². The van der Waals surface area contributed by atoms with Crippen molar-refractivity contribution < 1.29 is 9.15 Å². The zero-order valence-electron chi connectivity index (χ0n) is 7.31. The number of ether oxygens (including phenoxy) is 1. The van der Waals surface area contributed by atoms with Gasteiger partial charge in [-0.2, -0.15) is 0 Å². The highest BCUT2D eigenvalue weighted by Crippen LogP contribution is 2.20. The van der Waals surface area contributed by atoms with E-state index in [0.717, 1.165) is 5.01 Å². The summed E-state index contributed by atoms with van der Waals surface area (Å²) in [5, 5.41) is 9.14. The minimum Gasteiger partial charge on any atom is -0.408 e. The van der Waals surface area contributed by atoms with Crippen LogP contribution in [0, 0.1) is 4.84 Å². The van der Waals surface area contributed by atoms with E-state index in [2.05, 4.69) is 15.2 Å². The number of aromatic amines is 1. The highest BCUT2D eigenvalue weighted by molar-refractivity contribution is 7.71. The summed E-state index contributed by atoms with van der Waals surface area (Å²) in [6.07, 6.45) is 0. The van der Waals surface area contributed by atoms with E-state index in [9.17, 15) is 0 Å². The second-order valence-corrected chi connectivity index (χ2v) is 3.79. The number of nitrogens with one attached hydrogen (secondary N) is 1. The Morgan fingerprint density at radius 2 is 2.57 bits per heavy atom. The van der Waals surface area contributed by atoms with Crippen LogP contribution in [-0.2, 0) is 11.3 Å². The summed E-state index contributed by atoms with van der Waals surface area (Å²) >= 11 is 6.25. The first-order chi connectivity index (χ1) is 6.79. The van der Waals surface area contributed by atoms with Crippen molar-refractivity contribution in [2.24, 2.45) is 0 Å². The Balaban J connectivity index is 2.28. The molecule has 74 valence electrons. The maximum Gasteiger partial charge on any atom is 0.284 e. The van der Waals surface area contributed by atoms with E-state index in [-0.39, 0.29) is 4.84 Å². The van der Waals surface area contributed by atoms with Gasteiger partial charge in [0.05, 0.1) is 6.61 Å². The highest BCUT2D eigenvalue weighted by atomic mass is 32.1. The molecule has 0 radical (unpaired) electrons. The lowest BCUT2D eigenvalue weighted by molar-refractivity contribution is 0.184. The molecule has 0 aliphatic heterocycles. The molecule has 0 saturated heterocycles. The first-order valence-electron chi connectivity index (χ1n) is 3.79. The molecule has 7 heteroatoms. The molecule has 0 amide bonds. The number of hydrogen-bond donors (Lipinski definition) is 1. The molecule has 0 aromatic carbocycles. The van der Waals surface area contributed by atoms with Gasteiger partial charge in [0.25, 0.3) is 10.7 Å². The summed E-state index contributed by atoms with van der Waals surface area (Å²) in [6, 6.07) is 0. The van der Waals surface area contributed by atoms with E-state index in [0.29, 0.717) is 18.2 Å². The maximum atomic E-state index is 5.11. The van der Waals surface area contributed by atoms with Crippen molar-refractivity contribution >= 4 is 23.6 Å². The Labute approximate surface area is 88.8 Å². The number of nitrogens with zero attached hydrogens (tertiary/aromatic N) is 2. The summed E-state index contributed by atoms with van der Waals surface area (Å²) < 4.78 is 10.1. The van der Waals surface area contributed by atoms with Gasteiger partial charge >= 0.3 is 0 Å². The topological polar surface area (TPSA) is 63.9 Å². The Morgan fingerprint density at radius 3 is 3.21 bits per heavy atom. The van der Waals surface area contributed by atoms with E-state index in [1.165, 1.54) is 11.3 Å². The molecule has 0 bridgehead atoms. The third-order valence-corrected chi connectivity index (χ3v) is 2.47. The van der Waals surface area contributed by atoms with Crippen LogP contribution in [0.4, 0.5) is 0 Å². The molecular formula is C7H7N3O2S2. The fourth-order valence-electron chi connectivity index (χ4n) is 0.938. The quantitative estimate of drug-likeness (QED) is 0.815. The van der Waals surface area contributed by atoms with E-state index < -0.39 is 0 Å². The van der Waals surface area contributed by atoms with Crippen molar-refractivity contribution in [2.45, 2.75) is 6.61 Å². The van der Waals surface area contributed by atoms with Crippen LogP contribution in [0.3, 0.4) is 0 Å². The van der Waals surface area contributed by atoms with Crippen LogP contribution in [0.2, 0.25) is 0 Å². The number of rotatable bonds is 3. The largest absolute Gasteiger partial charge is 0.408 e. The molecule has 0 saturated carbocycles. The fraction of sp³-hybridized carbons (Fsp3) is 0.286. The summed E-state index contributed by atoms with van der Waals surface area (Å²) in [5.41, 5.74) is 0.675. The number of hydrogen-bond acceptors (Lipinski definition) is 6. The molecule has 0 unspecified atom stereocenters. The van der Waals surface area contributed by atoms with Crippen molar-refractivity contribution in [3.05, 3.63) is 15.2 Å². The van der Waals surface area contributed by atoms with Gasteiger partial charge in [0.1, 0.15) is 10.7 Å².